The molecule has 176 valence electrons. The van der Waals surface area contributed by atoms with Gasteiger partial charge in [0.15, 0.2) is 5.78 Å². The third kappa shape index (κ3) is 6.58. The normalized spacial score (nSPS) is 12.4. The third-order valence-corrected chi connectivity index (χ3v) is 5.20. The number of ketones is 1. The fourth-order valence-corrected chi connectivity index (χ4v) is 3.54. The minimum atomic E-state index is -1.06. The molecule has 34 heavy (non-hydrogen) atoms. The zero-order valence-corrected chi connectivity index (χ0v) is 18.6. The SMILES string of the molecule is CC(=O)N[C@@H](Cc1c[nH]c2ccccc12)C(=O)N[C@@H](CCC(=O)C=N)C(=O)Nc1cccnc1. The van der Waals surface area contributed by atoms with E-state index in [-0.39, 0.29) is 19.3 Å². The number of hydrogen-bond acceptors (Lipinski definition) is 6. The molecule has 0 radical (unpaired) electrons. The molecule has 0 bridgehead atoms. The molecule has 2 aromatic heterocycles. The first-order valence-corrected chi connectivity index (χ1v) is 10.7. The number of H-pyrrole nitrogens is 1. The standard InChI is InChI=1S/C24H26N6O4/c1-15(31)28-22(11-16-13-27-20-7-3-2-6-19(16)20)24(34)30-21(9-8-18(32)12-25)23(33)29-17-5-4-10-26-14-17/h2-7,10,12-14,21-22,25,27H,8-9,11H2,1H3,(H,28,31)(H,29,33)(H,30,34)/t21-,22-/m0/s1. The van der Waals surface area contributed by atoms with Crippen molar-refractivity contribution in [3.63, 3.8) is 0 Å². The Kier molecular flexibility index (Phi) is 8.22. The van der Waals surface area contributed by atoms with Gasteiger partial charge in [-0.25, -0.2) is 0 Å². The Morgan fingerprint density at radius 2 is 1.85 bits per heavy atom. The Morgan fingerprint density at radius 1 is 1.06 bits per heavy atom. The number of aromatic nitrogens is 2. The van der Waals surface area contributed by atoms with Crippen LogP contribution >= 0.6 is 0 Å². The highest BCUT2D eigenvalue weighted by Gasteiger charge is 2.27. The highest BCUT2D eigenvalue weighted by Crippen LogP contribution is 2.19. The van der Waals surface area contributed by atoms with E-state index in [9.17, 15) is 19.2 Å². The van der Waals surface area contributed by atoms with E-state index in [1.54, 1.807) is 24.5 Å². The van der Waals surface area contributed by atoms with Crippen molar-refractivity contribution in [1.29, 1.82) is 5.41 Å². The minimum Gasteiger partial charge on any atom is -0.361 e. The number of amides is 3. The van der Waals surface area contributed by atoms with Crippen LogP contribution in [0.5, 0.6) is 0 Å². The average Bonchev–Trinajstić information content (AvgIpc) is 3.24. The number of fused-ring (bicyclic) bond motifs is 1. The summed E-state index contributed by atoms with van der Waals surface area (Å²) in [5.41, 5.74) is 2.17. The number of carbonyl (C=O) groups excluding carboxylic acids is 4. The Bertz CT molecular complexity index is 1190. The Hall–Kier alpha value is -4.34. The summed E-state index contributed by atoms with van der Waals surface area (Å²) in [5.74, 6) is -1.96. The number of benzene rings is 1. The van der Waals surface area contributed by atoms with Crippen molar-refractivity contribution in [3.05, 3.63) is 60.6 Å². The Morgan fingerprint density at radius 3 is 2.56 bits per heavy atom. The highest BCUT2D eigenvalue weighted by molar-refractivity contribution is 6.26. The lowest BCUT2D eigenvalue weighted by molar-refractivity contribution is -0.130. The van der Waals surface area contributed by atoms with Gasteiger partial charge >= 0.3 is 0 Å². The maximum Gasteiger partial charge on any atom is 0.247 e. The van der Waals surface area contributed by atoms with E-state index in [1.165, 1.54) is 13.1 Å². The molecule has 1 aromatic carbocycles. The lowest BCUT2D eigenvalue weighted by Gasteiger charge is -2.22. The van der Waals surface area contributed by atoms with E-state index in [2.05, 4.69) is 25.9 Å². The molecule has 2 heterocycles. The van der Waals surface area contributed by atoms with E-state index in [1.807, 2.05) is 24.3 Å². The number of carbonyl (C=O) groups is 4. The van der Waals surface area contributed by atoms with Crippen molar-refractivity contribution in [1.82, 2.24) is 20.6 Å². The number of para-hydroxylation sites is 1. The molecule has 3 aromatic rings. The van der Waals surface area contributed by atoms with Gasteiger partial charge in [0, 0.05) is 43.1 Å². The quantitative estimate of drug-likeness (QED) is 0.274. The topological polar surface area (TPSA) is 157 Å². The van der Waals surface area contributed by atoms with Gasteiger partial charge in [0.25, 0.3) is 0 Å². The number of nitrogens with zero attached hydrogens (tertiary/aromatic N) is 1. The molecule has 0 saturated heterocycles. The van der Waals surface area contributed by atoms with Crippen LogP contribution in [0.4, 0.5) is 5.69 Å². The number of anilines is 1. The van der Waals surface area contributed by atoms with Crippen molar-refractivity contribution in [2.75, 3.05) is 5.32 Å². The third-order valence-electron chi connectivity index (χ3n) is 5.20. The molecule has 3 rings (SSSR count). The number of rotatable bonds is 11. The molecular formula is C24H26N6O4. The molecule has 0 saturated carbocycles. The molecule has 5 N–H and O–H groups in total. The highest BCUT2D eigenvalue weighted by atomic mass is 16.2. The van der Waals surface area contributed by atoms with Gasteiger partial charge in [-0.3, -0.25) is 24.2 Å². The van der Waals surface area contributed by atoms with Crippen LogP contribution in [0.15, 0.2) is 55.0 Å². The first-order valence-electron chi connectivity index (χ1n) is 10.7. The van der Waals surface area contributed by atoms with Crippen molar-refractivity contribution in [3.8, 4) is 0 Å². The van der Waals surface area contributed by atoms with Crippen molar-refractivity contribution in [2.24, 2.45) is 0 Å². The van der Waals surface area contributed by atoms with E-state index in [4.69, 9.17) is 5.41 Å². The van der Waals surface area contributed by atoms with Gasteiger partial charge in [0.2, 0.25) is 17.7 Å². The van der Waals surface area contributed by atoms with Crippen molar-refractivity contribution < 1.29 is 19.2 Å². The summed E-state index contributed by atoms with van der Waals surface area (Å²) >= 11 is 0. The second kappa shape index (κ2) is 11.5. The van der Waals surface area contributed by atoms with E-state index in [0.29, 0.717) is 11.9 Å². The molecule has 2 atom stereocenters. The summed E-state index contributed by atoms with van der Waals surface area (Å²) in [6.07, 6.45) is 5.56. The lowest BCUT2D eigenvalue weighted by Crippen LogP contribution is -2.53. The fraction of sp³-hybridized carbons (Fsp3) is 0.250. The monoisotopic (exact) mass is 462 g/mol. The van der Waals surface area contributed by atoms with E-state index < -0.39 is 35.6 Å². The summed E-state index contributed by atoms with van der Waals surface area (Å²) in [7, 11) is 0. The number of aromatic amines is 1. The number of pyridine rings is 1. The second-order valence-corrected chi connectivity index (χ2v) is 7.76. The fourth-order valence-electron chi connectivity index (χ4n) is 3.54. The summed E-state index contributed by atoms with van der Waals surface area (Å²) < 4.78 is 0. The van der Waals surface area contributed by atoms with Gasteiger partial charge in [0.05, 0.1) is 18.1 Å². The zero-order valence-electron chi connectivity index (χ0n) is 18.6. The summed E-state index contributed by atoms with van der Waals surface area (Å²) in [4.78, 5) is 56.6. The molecule has 3 amide bonds. The second-order valence-electron chi connectivity index (χ2n) is 7.76. The van der Waals surface area contributed by atoms with Gasteiger partial charge in [-0.2, -0.15) is 0 Å². The molecular weight excluding hydrogens is 436 g/mol. The molecule has 10 heteroatoms. The van der Waals surface area contributed by atoms with Gasteiger partial charge in [0.1, 0.15) is 12.1 Å². The average molecular weight is 463 g/mol. The smallest absolute Gasteiger partial charge is 0.247 e. The molecule has 0 fully saturated rings. The molecule has 0 spiro atoms. The van der Waals surface area contributed by atoms with Gasteiger partial charge in [-0.1, -0.05) is 18.2 Å². The number of hydrogen-bond donors (Lipinski definition) is 5. The molecule has 0 aliphatic heterocycles. The largest absolute Gasteiger partial charge is 0.361 e. The Balaban J connectivity index is 1.78. The van der Waals surface area contributed by atoms with Crippen molar-refractivity contribution in [2.45, 2.75) is 38.3 Å². The van der Waals surface area contributed by atoms with Crippen LogP contribution < -0.4 is 16.0 Å². The minimum absolute atomic E-state index is 0.00801. The van der Waals surface area contributed by atoms with Crippen LogP contribution in [0.25, 0.3) is 10.9 Å². The first-order chi connectivity index (χ1) is 16.4. The maximum atomic E-state index is 13.2. The van der Waals surface area contributed by atoms with Gasteiger partial charge in [-0.05, 0) is 30.2 Å². The zero-order chi connectivity index (χ0) is 24.5. The van der Waals surface area contributed by atoms with Crippen molar-refractivity contribution >= 4 is 46.3 Å². The summed E-state index contributed by atoms with van der Waals surface area (Å²) in [6, 6.07) is 8.88. The predicted octanol–water partition coefficient (Wildman–Crippen LogP) is 1.73. The van der Waals surface area contributed by atoms with E-state index >= 15 is 0 Å². The van der Waals surface area contributed by atoms with Crippen LogP contribution in [-0.4, -0.2) is 51.8 Å². The predicted molar refractivity (Wildman–Crippen MR) is 127 cm³/mol. The van der Waals surface area contributed by atoms with Crippen LogP contribution in [-0.2, 0) is 25.6 Å². The summed E-state index contributed by atoms with van der Waals surface area (Å²) in [6.45, 7) is 1.31. The maximum absolute atomic E-state index is 13.2. The van der Waals surface area contributed by atoms with E-state index in [0.717, 1.165) is 16.5 Å². The Labute approximate surface area is 196 Å². The molecule has 0 unspecified atom stereocenters. The number of nitrogens with one attached hydrogen (secondary N) is 5. The van der Waals surface area contributed by atoms with Crippen LogP contribution in [0.1, 0.15) is 25.3 Å². The summed E-state index contributed by atoms with van der Waals surface area (Å²) in [5, 5.41) is 16.0. The molecule has 0 aliphatic rings. The lowest BCUT2D eigenvalue weighted by atomic mass is 10.0. The molecule has 0 aliphatic carbocycles. The molecule has 10 nitrogen and oxygen atoms in total. The van der Waals surface area contributed by atoms with Crippen LogP contribution in [0.3, 0.4) is 0 Å². The van der Waals surface area contributed by atoms with Gasteiger partial charge in [-0.15, -0.1) is 0 Å². The van der Waals surface area contributed by atoms with Crippen LogP contribution in [0, 0.1) is 5.41 Å². The first kappa shape index (κ1) is 24.3. The number of Topliss-reactive ketones (excluding diaryl/α,β-unsaturated/α-hetero) is 1. The van der Waals surface area contributed by atoms with Crippen LogP contribution in [0.2, 0.25) is 0 Å². The van der Waals surface area contributed by atoms with Gasteiger partial charge < -0.3 is 26.3 Å².